The highest BCUT2D eigenvalue weighted by Gasteiger charge is 2.18. The van der Waals surface area contributed by atoms with Crippen molar-refractivity contribution in [1.82, 2.24) is 15.5 Å². The molecule has 1 aromatic carbocycles. The largest absolute Gasteiger partial charge is 0.419 e. The van der Waals surface area contributed by atoms with E-state index in [1.54, 1.807) is 19.1 Å². The summed E-state index contributed by atoms with van der Waals surface area (Å²) in [4.78, 5) is 10.5. The molecule has 0 aliphatic rings. The molecule has 2 rings (SSSR count). The van der Waals surface area contributed by atoms with Crippen LogP contribution in [0.5, 0.6) is 0 Å². The molecule has 1 heterocycles. The normalized spacial score (nSPS) is 11.0. The van der Waals surface area contributed by atoms with Gasteiger partial charge in [0.25, 0.3) is 5.69 Å². The van der Waals surface area contributed by atoms with Gasteiger partial charge in [0.05, 0.1) is 11.5 Å². The topological polar surface area (TPSA) is 94.1 Å². The molecule has 0 spiro atoms. The zero-order valence-electron chi connectivity index (χ0n) is 11.6. The summed E-state index contributed by atoms with van der Waals surface area (Å²) in [6.07, 6.45) is 0. The van der Waals surface area contributed by atoms with Crippen LogP contribution in [0.4, 0.5) is 5.69 Å². The smallest absolute Gasteiger partial charge is 0.273 e. The first kappa shape index (κ1) is 14.1. The van der Waals surface area contributed by atoms with E-state index >= 15 is 0 Å². The Kier molecular flexibility index (Phi) is 4.09. The lowest BCUT2D eigenvalue weighted by Crippen LogP contribution is -2.21. The summed E-state index contributed by atoms with van der Waals surface area (Å²) in [7, 11) is 0. The SMILES string of the molecule is Cc1c(-c2nnc(CNC(C)C)o2)cccc1[N+](=O)[O-]. The summed E-state index contributed by atoms with van der Waals surface area (Å²) in [6, 6.07) is 5.10. The predicted octanol–water partition coefficient (Wildman–Crippen LogP) is 2.45. The van der Waals surface area contributed by atoms with Crippen molar-refractivity contribution in [1.29, 1.82) is 0 Å². The molecular formula is C13H16N4O3. The van der Waals surface area contributed by atoms with Gasteiger partial charge in [-0.1, -0.05) is 19.9 Å². The molecule has 0 saturated carbocycles. The molecule has 0 radical (unpaired) electrons. The van der Waals surface area contributed by atoms with Gasteiger partial charge in [0.1, 0.15) is 0 Å². The van der Waals surface area contributed by atoms with Gasteiger partial charge in [-0.2, -0.15) is 0 Å². The van der Waals surface area contributed by atoms with Crippen LogP contribution >= 0.6 is 0 Å². The molecular weight excluding hydrogens is 260 g/mol. The number of nitrogens with zero attached hydrogens (tertiary/aromatic N) is 3. The molecule has 0 aliphatic carbocycles. The van der Waals surface area contributed by atoms with E-state index in [9.17, 15) is 10.1 Å². The first-order chi connectivity index (χ1) is 9.49. The zero-order valence-corrected chi connectivity index (χ0v) is 11.6. The number of rotatable bonds is 5. The Morgan fingerprint density at radius 2 is 2.15 bits per heavy atom. The van der Waals surface area contributed by atoms with Gasteiger partial charge in [0.15, 0.2) is 0 Å². The second-order valence-corrected chi connectivity index (χ2v) is 4.74. The highest BCUT2D eigenvalue weighted by Crippen LogP contribution is 2.28. The second-order valence-electron chi connectivity index (χ2n) is 4.74. The predicted molar refractivity (Wildman–Crippen MR) is 73.1 cm³/mol. The lowest BCUT2D eigenvalue weighted by Gasteiger charge is -2.04. The molecule has 0 bridgehead atoms. The number of nitrogens with one attached hydrogen (secondary N) is 1. The van der Waals surface area contributed by atoms with E-state index in [4.69, 9.17) is 4.42 Å². The molecule has 1 N–H and O–H groups in total. The van der Waals surface area contributed by atoms with E-state index < -0.39 is 4.92 Å². The molecule has 0 amide bonds. The number of hydrogen-bond donors (Lipinski definition) is 1. The zero-order chi connectivity index (χ0) is 14.7. The van der Waals surface area contributed by atoms with Gasteiger partial charge >= 0.3 is 0 Å². The van der Waals surface area contributed by atoms with Crippen molar-refractivity contribution in [3.63, 3.8) is 0 Å². The monoisotopic (exact) mass is 276 g/mol. The van der Waals surface area contributed by atoms with E-state index in [1.165, 1.54) is 6.07 Å². The van der Waals surface area contributed by atoms with Gasteiger partial charge in [-0.15, -0.1) is 10.2 Å². The third-order valence-electron chi connectivity index (χ3n) is 2.86. The summed E-state index contributed by atoms with van der Waals surface area (Å²) in [5.74, 6) is 0.756. The third-order valence-corrected chi connectivity index (χ3v) is 2.86. The van der Waals surface area contributed by atoms with E-state index in [0.717, 1.165) is 0 Å². The molecule has 20 heavy (non-hydrogen) atoms. The average Bonchev–Trinajstić information content (AvgIpc) is 2.85. The van der Waals surface area contributed by atoms with Gasteiger partial charge in [0, 0.05) is 23.2 Å². The summed E-state index contributed by atoms with van der Waals surface area (Å²) < 4.78 is 5.53. The number of nitro benzene ring substituents is 1. The van der Waals surface area contributed by atoms with Gasteiger partial charge < -0.3 is 9.73 Å². The van der Waals surface area contributed by atoms with E-state index in [1.807, 2.05) is 13.8 Å². The molecule has 0 fully saturated rings. The van der Waals surface area contributed by atoms with Crippen molar-refractivity contribution >= 4 is 5.69 Å². The fourth-order valence-electron chi connectivity index (χ4n) is 1.78. The molecule has 1 aromatic heterocycles. The Morgan fingerprint density at radius 3 is 2.80 bits per heavy atom. The third kappa shape index (κ3) is 3.00. The first-order valence-electron chi connectivity index (χ1n) is 6.29. The van der Waals surface area contributed by atoms with Crippen LogP contribution in [-0.2, 0) is 6.54 Å². The van der Waals surface area contributed by atoms with Crippen molar-refractivity contribution in [3.05, 3.63) is 39.8 Å². The quantitative estimate of drug-likeness (QED) is 0.665. The van der Waals surface area contributed by atoms with E-state index in [-0.39, 0.29) is 5.69 Å². The van der Waals surface area contributed by atoms with Crippen LogP contribution in [0.2, 0.25) is 0 Å². The van der Waals surface area contributed by atoms with Crippen molar-refractivity contribution in [2.24, 2.45) is 0 Å². The first-order valence-corrected chi connectivity index (χ1v) is 6.29. The number of hydrogen-bond acceptors (Lipinski definition) is 6. The summed E-state index contributed by atoms with van der Waals surface area (Å²) >= 11 is 0. The average molecular weight is 276 g/mol. The molecule has 2 aromatic rings. The molecule has 106 valence electrons. The van der Waals surface area contributed by atoms with Crippen LogP contribution in [-0.4, -0.2) is 21.2 Å². The van der Waals surface area contributed by atoms with Crippen molar-refractivity contribution < 1.29 is 9.34 Å². The summed E-state index contributed by atoms with van der Waals surface area (Å²) in [5.41, 5.74) is 1.15. The van der Waals surface area contributed by atoms with Crippen LogP contribution in [0.25, 0.3) is 11.5 Å². The molecule has 0 atom stereocenters. The molecule has 7 heteroatoms. The van der Waals surface area contributed by atoms with Gasteiger partial charge in [-0.3, -0.25) is 10.1 Å². The van der Waals surface area contributed by atoms with Crippen molar-refractivity contribution in [2.45, 2.75) is 33.4 Å². The number of benzene rings is 1. The highest BCUT2D eigenvalue weighted by molar-refractivity contribution is 5.64. The minimum Gasteiger partial charge on any atom is -0.419 e. The Bertz CT molecular complexity index is 622. The second kappa shape index (κ2) is 5.79. The fraction of sp³-hybridized carbons (Fsp3) is 0.385. The Balaban J connectivity index is 2.28. The molecule has 0 saturated heterocycles. The maximum atomic E-state index is 10.9. The minimum atomic E-state index is -0.420. The van der Waals surface area contributed by atoms with Crippen molar-refractivity contribution in [3.8, 4) is 11.5 Å². The fourth-order valence-corrected chi connectivity index (χ4v) is 1.78. The van der Waals surface area contributed by atoms with E-state index in [2.05, 4.69) is 15.5 Å². The standard InChI is InChI=1S/C13H16N4O3/c1-8(2)14-7-12-15-16-13(20-12)10-5-4-6-11(9(10)3)17(18)19/h4-6,8,14H,7H2,1-3H3. The van der Waals surface area contributed by atoms with Crippen LogP contribution < -0.4 is 5.32 Å². The maximum absolute atomic E-state index is 10.9. The van der Waals surface area contributed by atoms with Crippen LogP contribution in [0.15, 0.2) is 22.6 Å². The Labute approximate surface area is 116 Å². The van der Waals surface area contributed by atoms with Crippen LogP contribution in [0.3, 0.4) is 0 Å². The Hall–Kier alpha value is -2.28. The summed E-state index contributed by atoms with van der Waals surface area (Å²) in [6.45, 7) is 6.17. The highest BCUT2D eigenvalue weighted by atomic mass is 16.6. The van der Waals surface area contributed by atoms with Crippen LogP contribution in [0.1, 0.15) is 25.3 Å². The van der Waals surface area contributed by atoms with Gasteiger partial charge in [-0.05, 0) is 13.0 Å². The summed E-state index contributed by atoms with van der Waals surface area (Å²) in [5, 5.41) is 22.0. The molecule has 7 nitrogen and oxygen atoms in total. The number of nitro groups is 1. The maximum Gasteiger partial charge on any atom is 0.273 e. The number of aromatic nitrogens is 2. The van der Waals surface area contributed by atoms with Gasteiger partial charge in [-0.25, -0.2) is 0 Å². The molecule has 0 unspecified atom stereocenters. The van der Waals surface area contributed by atoms with Gasteiger partial charge in [0.2, 0.25) is 11.8 Å². The lowest BCUT2D eigenvalue weighted by molar-refractivity contribution is -0.385. The minimum absolute atomic E-state index is 0.0440. The van der Waals surface area contributed by atoms with E-state index in [0.29, 0.717) is 35.5 Å². The Morgan fingerprint density at radius 1 is 1.40 bits per heavy atom. The molecule has 0 aliphatic heterocycles. The van der Waals surface area contributed by atoms with Crippen LogP contribution in [0, 0.1) is 17.0 Å². The van der Waals surface area contributed by atoms with Crippen molar-refractivity contribution in [2.75, 3.05) is 0 Å². The lowest BCUT2D eigenvalue weighted by atomic mass is 10.1.